The number of halogens is 1. The summed E-state index contributed by atoms with van der Waals surface area (Å²) in [5.74, 6) is 0. The highest BCUT2D eigenvalue weighted by molar-refractivity contribution is 6.29. The standard InChI is InChI=1S/C15H18ClN3/c1-3-19(4-2)14-7-5-12(6-8-14)18-13-9-10-17-15(16)11-13/h5-11H,3-4H2,1-2H3,(H,17,18). The van der Waals surface area contributed by atoms with Gasteiger partial charge in [0.2, 0.25) is 0 Å². The molecule has 1 N–H and O–H groups in total. The van der Waals surface area contributed by atoms with Gasteiger partial charge >= 0.3 is 0 Å². The summed E-state index contributed by atoms with van der Waals surface area (Å²) in [7, 11) is 0. The Kier molecular flexibility index (Phi) is 4.63. The third-order valence-electron chi connectivity index (χ3n) is 3.01. The van der Waals surface area contributed by atoms with Crippen LogP contribution in [-0.2, 0) is 0 Å². The number of benzene rings is 1. The number of anilines is 3. The van der Waals surface area contributed by atoms with Crippen LogP contribution >= 0.6 is 11.6 Å². The summed E-state index contributed by atoms with van der Waals surface area (Å²) >= 11 is 5.86. The van der Waals surface area contributed by atoms with Crippen LogP contribution in [0.15, 0.2) is 42.6 Å². The molecule has 1 aromatic heterocycles. The SMILES string of the molecule is CCN(CC)c1ccc(Nc2ccnc(Cl)c2)cc1. The fraction of sp³-hybridized carbons (Fsp3) is 0.267. The van der Waals surface area contributed by atoms with Crippen molar-refractivity contribution in [3.05, 3.63) is 47.7 Å². The molecule has 0 spiro atoms. The van der Waals surface area contributed by atoms with Crippen LogP contribution < -0.4 is 10.2 Å². The molecule has 0 saturated carbocycles. The Balaban J connectivity index is 2.10. The van der Waals surface area contributed by atoms with Gasteiger partial charge in [-0.05, 0) is 50.2 Å². The van der Waals surface area contributed by atoms with Crippen molar-refractivity contribution >= 4 is 28.7 Å². The van der Waals surface area contributed by atoms with Gasteiger partial charge in [0.15, 0.2) is 0 Å². The third-order valence-corrected chi connectivity index (χ3v) is 3.22. The van der Waals surface area contributed by atoms with E-state index in [0.717, 1.165) is 24.5 Å². The van der Waals surface area contributed by atoms with Gasteiger partial charge in [-0.25, -0.2) is 4.98 Å². The molecular formula is C15H18ClN3. The van der Waals surface area contributed by atoms with Crippen molar-refractivity contribution in [2.45, 2.75) is 13.8 Å². The van der Waals surface area contributed by atoms with Crippen LogP contribution in [0, 0.1) is 0 Å². The lowest BCUT2D eigenvalue weighted by Crippen LogP contribution is -2.21. The highest BCUT2D eigenvalue weighted by atomic mass is 35.5. The van der Waals surface area contributed by atoms with E-state index in [4.69, 9.17) is 11.6 Å². The molecule has 0 bridgehead atoms. The summed E-state index contributed by atoms with van der Waals surface area (Å²) in [6.07, 6.45) is 1.69. The van der Waals surface area contributed by atoms with E-state index < -0.39 is 0 Å². The molecule has 2 rings (SSSR count). The number of nitrogens with one attached hydrogen (secondary N) is 1. The second kappa shape index (κ2) is 6.43. The zero-order chi connectivity index (χ0) is 13.7. The van der Waals surface area contributed by atoms with Crippen molar-refractivity contribution in [1.82, 2.24) is 4.98 Å². The van der Waals surface area contributed by atoms with Gasteiger partial charge in [-0.1, -0.05) is 11.6 Å². The summed E-state index contributed by atoms with van der Waals surface area (Å²) in [5.41, 5.74) is 3.22. The first-order valence-electron chi connectivity index (χ1n) is 6.46. The maximum Gasteiger partial charge on any atom is 0.131 e. The molecule has 0 unspecified atom stereocenters. The predicted molar refractivity (Wildman–Crippen MR) is 82.5 cm³/mol. The van der Waals surface area contributed by atoms with Crippen LogP contribution in [-0.4, -0.2) is 18.1 Å². The first-order valence-corrected chi connectivity index (χ1v) is 6.84. The fourth-order valence-electron chi connectivity index (χ4n) is 1.99. The number of hydrogen-bond donors (Lipinski definition) is 1. The number of aromatic nitrogens is 1. The van der Waals surface area contributed by atoms with Gasteiger partial charge in [-0.3, -0.25) is 0 Å². The Hall–Kier alpha value is -1.74. The molecule has 0 aliphatic carbocycles. The summed E-state index contributed by atoms with van der Waals surface area (Å²) in [6, 6.07) is 12.1. The fourth-order valence-corrected chi connectivity index (χ4v) is 2.17. The van der Waals surface area contributed by atoms with E-state index in [1.807, 2.05) is 6.07 Å². The maximum absolute atomic E-state index is 5.86. The van der Waals surface area contributed by atoms with Gasteiger partial charge in [0.25, 0.3) is 0 Å². The Morgan fingerprint density at radius 1 is 1.05 bits per heavy atom. The normalized spacial score (nSPS) is 10.3. The van der Waals surface area contributed by atoms with Gasteiger partial charge in [-0.2, -0.15) is 0 Å². The van der Waals surface area contributed by atoms with Gasteiger partial charge in [0.1, 0.15) is 5.15 Å². The molecule has 0 saturated heterocycles. The van der Waals surface area contributed by atoms with E-state index in [1.54, 1.807) is 12.3 Å². The Bertz CT molecular complexity index is 521. The second-order valence-corrected chi connectivity index (χ2v) is 4.60. The molecule has 3 nitrogen and oxygen atoms in total. The topological polar surface area (TPSA) is 28.2 Å². The Labute approximate surface area is 119 Å². The number of nitrogens with zero attached hydrogens (tertiary/aromatic N) is 2. The lowest BCUT2D eigenvalue weighted by Gasteiger charge is -2.21. The van der Waals surface area contributed by atoms with Crippen molar-refractivity contribution < 1.29 is 0 Å². The van der Waals surface area contributed by atoms with Crippen LogP contribution in [0.5, 0.6) is 0 Å². The van der Waals surface area contributed by atoms with E-state index >= 15 is 0 Å². The average Bonchev–Trinajstić information content (AvgIpc) is 2.42. The molecule has 1 aromatic carbocycles. The van der Waals surface area contributed by atoms with E-state index in [9.17, 15) is 0 Å². The molecule has 100 valence electrons. The third kappa shape index (κ3) is 3.61. The largest absolute Gasteiger partial charge is 0.372 e. The molecule has 0 radical (unpaired) electrons. The van der Waals surface area contributed by atoms with Crippen LogP contribution in [0.2, 0.25) is 5.15 Å². The molecule has 2 aromatic rings. The smallest absolute Gasteiger partial charge is 0.131 e. The van der Waals surface area contributed by atoms with Crippen molar-refractivity contribution in [3.8, 4) is 0 Å². The van der Waals surface area contributed by atoms with Crippen molar-refractivity contribution in [2.24, 2.45) is 0 Å². The summed E-state index contributed by atoms with van der Waals surface area (Å²) in [4.78, 5) is 6.27. The minimum absolute atomic E-state index is 0.491. The highest BCUT2D eigenvalue weighted by Gasteiger charge is 2.01. The first-order chi connectivity index (χ1) is 9.22. The van der Waals surface area contributed by atoms with Crippen molar-refractivity contribution in [1.29, 1.82) is 0 Å². The van der Waals surface area contributed by atoms with E-state index in [2.05, 4.69) is 53.3 Å². The molecule has 0 aliphatic heterocycles. The molecule has 19 heavy (non-hydrogen) atoms. The van der Waals surface area contributed by atoms with Crippen molar-refractivity contribution in [2.75, 3.05) is 23.3 Å². The van der Waals surface area contributed by atoms with Crippen LogP contribution in [0.1, 0.15) is 13.8 Å². The van der Waals surface area contributed by atoms with Crippen molar-refractivity contribution in [3.63, 3.8) is 0 Å². The van der Waals surface area contributed by atoms with Crippen LogP contribution in [0.4, 0.5) is 17.1 Å². The zero-order valence-corrected chi connectivity index (χ0v) is 12.0. The summed E-state index contributed by atoms with van der Waals surface area (Å²) in [6.45, 7) is 6.36. The molecule has 0 aliphatic rings. The monoisotopic (exact) mass is 275 g/mol. The van der Waals surface area contributed by atoms with Gasteiger partial charge < -0.3 is 10.2 Å². The Morgan fingerprint density at radius 2 is 1.74 bits per heavy atom. The summed E-state index contributed by atoms with van der Waals surface area (Å²) in [5, 5.41) is 3.79. The van der Waals surface area contributed by atoms with Crippen LogP contribution in [0.3, 0.4) is 0 Å². The highest BCUT2D eigenvalue weighted by Crippen LogP contribution is 2.22. The number of pyridine rings is 1. The van der Waals surface area contributed by atoms with Gasteiger partial charge in [0, 0.05) is 36.3 Å². The first kappa shape index (κ1) is 13.7. The zero-order valence-electron chi connectivity index (χ0n) is 11.2. The van der Waals surface area contributed by atoms with Gasteiger partial charge in [0.05, 0.1) is 0 Å². The molecular weight excluding hydrogens is 258 g/mol. The predicted octanol–water partition coefficient (Wildman–Crippen LogP) is 4.32. The minimum atomic E-state index is 0.491. The minimum Gasteiger partial charge on any atom is -0.372 e. The van der Waals surface area contributed by atoms with E-state index in [-0.39, 0.29) is 0 Å². The molecule has 0 amide bonds. The van der Waals surface area contributed by atoms with E-state index in [0.29, 0.717) is 5.15 Å². The summed E-state index contributed by atoms with van der Waals surface area (Å²) < 4.78 is 0. The molecule has 4 heteroatoms. The Morgan fingerprint density at radius 3 is 2.32 bits per heavy atom. The lowest BCUT2D eigenvalue weighted by molar-refractivity contribution is 0.866. The molecule has 0 fully saturated rings. The maximum atomic E-state index is 5.86. The second-order valence-electron chi connectivity index (χ2n) is 4.21. The molecule has 1 heterocycles. The van der Waals surface area contributed by atoms with Gasteiger partial charge in [-0.15, -0.1) is 0 Å². The quantitative estimate of drug-likeness (QED) is 0.824. The van der Waals surface area contributed by atoms with E-state index in [1.165, 1.54) is 5.69 Å². The lowest BCUT2D eigenvalue weighted by atomic mass is 10.2. The number of hydrogen-bond acceptors (Lipinski definition) is 3. The van der Waals surface area contributed by atoms with Crippen LogP contribution in [0.25, 0.3) is 0 Å². The number of rotatable bonds is 5. The average molecular weight is 276 g/mol. The molecule has 0 atom stereocenters.